The number of ether oxygens (including phenoxy) is 2. The number of para-hydroxylation sites is 1. The first-order valence-corrected chi connectivity index (χ1v) is 36.7. The number of nitrogens with two attached hydrogens (primary N) is 4. The Hall–Kier alpha value is -12.0. The molecule has 1 aliphatic heterocycles. The molecule has 14 atom stereocenters. The van der Waals surface area contributed by atoms with Crippen LogP contribution < -0.4 is 86.7 Å². The predicted molar refractivity (Wildman–Crippen MR) is 396 cm³/mol. The fourth-order valence-electron chi connectivity index (χ4n) is 11.6. The van der Waals surface area contributed by atoms with Crippen molar-refractivity contribution in [1.29, 1.82) is 0 Å². The minimum Gasteiger partial charge on any atom is -0.481 e. The molecule has 16 amide bonds. The molecule has 0 aliphatic carbocycles. The summed E-state index contributed by atoms with van der Waals surface area (Å²) in [5.74, 6) is -29.4. The van der Waals surface area contributed by atoms with E-state index in [4.69, 9.17) is 32.4 Å². The van der Waals surface area contributed by atoms with Crippen molar-refractivity contribution in [2.75, 3.05) is 33.8 Å². The maximum Gasteiger partial charge on any atom is 0.335 e. The van der Waals surface area contributed by atoms with Crippen LogP contribution in [0.5, 0.6) is 0 Å². The number of esters is 1. The highest BCUT2D eigenvalue weighted by molar-refractivity contribution is 6.03. The van der Waals surface area contributed by atoms with Crippen LogP contribution in [0.1, 0.15) is 143 Å². The van der Waals surface area contributed by atoms with E-state index in [1.807, 2.05) is 10.6 Å². The zero-order valence-electron chi connectivity index (χ0n) is 64.2. The highest BCUT2D eigenvalue weighted by atomic mass is 16.5. The number of carboxylic acid groups (broad SMARTS) is 3. The Kier molecular flexibility index (Phi) is 40.6. The third-order valence-corrected chi connectivity index (χ3v) is 17.8. The fourth-order valence-corrected chi connectivity index (χ4v) is 11.6. The van der Waals surface area contributed by atoms with Crippen molar-refractivity contribution >= 4 is 129 Å². The predicted octanol–water partition coefficient (Wildman–Crippen LogP) is -7.46. The van der Waals surface area contributed by atoms with E-state index in [-0.39, 0.29) is 38.6 Å². The van der Waals surface area contributed by atoms with Gasteiger partial charge in [0.2, 0.25) is 94.5 Å². The van der Waals surface area contributed by atoms with Crippen LogP contribution in [0.25, 0.3) is 10.9 Å². The van der Waals surface area contributed by atoms with Gasteiger partial charge >= 0.3 is 23.9 Å². The van der Waals surface area contributed by atoms with Crippen molar-refractivity contribution in [2.45, 2.75) is 229 Å². The summed E-state index contributed by atoms with van der Waals surface area (Å²) in [6, 6.07) is -15.8. The van der Waals surface area contributed by atoms with Crippen molar-refractivity contribution in [3.8, 4) is 0 Å². The molecule has 632 valence electrons. The molecule has 0 saturated carbocycles. The van der Waals surface area contributed by atoms with Crippen LogP contribution in [0.15, 0.2) is 30.5 Å². The van der Waals surface area contributed by atoms with Crippen LogP contribution in [0.3, 0.4) is 0 Å². The Balaban J connectivity index is 2.25. The number of carboxylic acids is 3. The van der Waals surface area contributed by atoms with Crippen molar-refractivity contribution in [1.82, 2.24) is 73.7 Å². The van der Waals surface area contributed by atoms with Gasteiger partial charge in [0.05, 0.1) is 32.4 Å². The summed E-state index contributed by atoms with van der Waals surface area (Å²) in [7, 11) is 1.69. The van der Waals surface area contributed by atoms with E-state index in [1.54, 1.807) is 30.5 Å². The van der Waals surface area contributed by atoms with Gasteiger partial charge in [-0.05, 0) is 70.0 Å². The van der Waals surface area contributed by atoms with Crippen LogP contribution in [0, 0.1) is 5.92 Å². The van der Waals surface area contributed by atoms with Gasteiger partial charge < -0.3 is 127 Å². The summed E-state index contributed by atoms with van der Waals surface area (Å²) < 4.78 is 10.6. The highest BCUT2D eigenvalue weighted by Crippen LogP contribution is 2.21. The summed E-state index contributed by atoms with van der Waals surface area (Å²) in [5.41, 5.74) is 23.3. The lowest BCUT2D eigenvalue weighted by Gasteiger charge is -2.32. The van der Waals surface area contributed by atoms with Crippen LogP contribution in [0.2, 0.25) is 0 Å². The molecule has 1 saturated heterocycles. The number of nitrogens with one attached hydrogen (secondary N) is 13. The number of aromatic nitrogens is 1. The van der Waals surface area contributed by atoms with E-state index < -0.39 is 254 Å². The lowest BCUT2D eigenvalue weighted by Crippen LogP contribution is -2.64. The number of fused-ring (bicyclic) bond motifs is 1. The summed E-state index contributed by atoms with van der Waals surface area (Å²) in [4.78, 5) is 276. The average Bonchev–Trinajstić information content (AvgIpc) is 1.64. The molecule has 1 aliphatic rings. The van der Waals surface area contributed by atoms with Crippen LogP contribution in [-0.2, 0) is 112 Å². The van der Waals surface area contributed by atoms with E-state index >= 15 is 0 Å². The monoisotopic (exact) mass is 1610 g/mol. The minimum atomic E-state index is -2.80. The van der Waals surface area contributed by atoms with Gasteiger partial charge in [0, 0.05) is 50.5 Å². The Bertz CT molecular complexity index is 3800. The first-order valence-electron chi connectivity index (χ1n) is 36.7. The van der Waals surface area contributed by atoms with E-state index in [9.17, 15) is 116 Å². The smallest absolute Gasteiger partial charge is 0.335 e. The van der Waals surface area contributed by atoms with Crippen LogP contribution in [0.4, 0.5) is 0 Å². The van der Waals surface area contributed by atoms with E-state index in [2.05, 4.69) is 65.1 Å². The molecule has 2 heterocycles. The van der Waals surface area contributed by atoms with Gasteiger partial charge in [-0.15, -0.1) is 0 Å². The summed E-state index contributed by atoms with van der Waals surface area (Å²) in [6.45, 7) is 4.27. The second-order valence-corrected chi connectivity index (χ2v) is 27.4. The molecule has 0 radical (unpaired) electrons. The Morgan fingerprint density at radius 1 is 0.623 bits per heavy atom. The normalized spacial score (nSPS) is 21.7. The molecule has 0 bridgehead atoms. The molecule has 25 N–H and O–H groups in total. The number of aliphatic carboxylic acids is 3. The minimum absolute atomic E-state index is 0.00765. The highest BCUT2D eigenvalue weighted by Gasteiger charge is 2.44. The van der Waals surface area contributed by atoms with Gasteiger partial charge in [0.15, 0.2) is 12.2 Å². The zero-order valence-corrected chi connectivity index (χ0v) is 64.2. The molecule has 2 aromatic rings. The Labute approximate surface area is 653 Å². The number of aliphatic hydroxyl groups is 1. The molecule has 1 aromatic heterocycles. The number of carbonyl (C=O) groups excluding carboxylic acids is 17. The molecule has 44 nitrogen and oxygen atoms in total. The number of aromatic amines is 1. The number of cyclic esters (lactones) is 1. The molecular formula is C70H106N18O26. The second-order valence-electron chi connectivity index (χ2n) is 27.4. The number of hydrogen-bond donors (Lipinski definition) is 21. The standard InChI is InChI=1S/C70H106N18O26/c1-8-9-10-11-12-13-14-22-47(91)78-41(26-36-30-75-38-20-16-15-19-37(36)38)62(103)83-43(28-46(73)90)65(106)86-54(56(98)58(74)99)67(108)85-53-35(5)114-70(112)52(33(2)3)84-61(102)40(23-24-50(94)95)81-63(104)42(27-45(72)89)79-48(92)31-76-66(107)55(57(113-7)69(110)111)87-60(101)39(21-17-18-25-71)80-64(105)44(29-51(96)97)82-59(100)34(4)77-49(93)32-88(6)68(53)109/h15-16,19-20,30,33-35,39-44,52-57,75,98H,8-14,17-18,21-29,31-32,71H2,1-7H3,(H2,72,89)(H2,73,90)(H2,74,99)(H,76,107)(H,77,93)(H,78,91)(H,79,92)(H,80,105)(H,81,104)(H,82,100)(H,83,103)(H,84,102)(H,85,108)(H,86,106)(H,87,101)(H,94,95)(H,96,97)(H,110,111). The number of unbranched alkanes of at least 4 members (excludes halogenated alkanes) is 7. The van der Waals surface area contributed by atoms with Gasteiger partial charge in [-0.2, -0.15) is 0 Å². The SMILES string of the molecule is CCCCCCCCCC(=O)NC(Cc1c[nH]c2ccccc12)C(=O)NC(CC(N)=O)C(=O)NC(C(=O)NC1C(=O)N(C)CC(=O)NC(C)C(=O)NC(CC(=O)O)C(=O)NC(CCCCN)C(=O)NC(C(OC)C(=O)O)C(=O)NCC(=O)NC(CC(N)=O)C(=O)NC(CCC(=O)O)C(=O)NC(C(C)C)C(=O)OC1C)C(O)C(N)=O. The quantitative estimate of drug-likeness (QED) is 0.0223. The Morgan fingerprint density at radius 2 is 1.20 bits per heavy atom. The first-order chi connectivity index (χ1) is 53.6. The van der Waals surface area contributed by atoms with Gasteiger partial charge in [-0.3, -0.25) is 86.3 Å². The largest absolute Gasteiger partial charge is 0.481 e. The lowest BCUT2D eigenvalue weighted by atomic mass is 10.0. The number of H-pyrrole nitrogens is 1. The molecule has 0 spiro atoms. The maximum absolute atomic E-state index is 14.9. The first kappa shape index (κ1) is 96.2. The number of amides is 16. The second kappa shape index (κ2) is 48.1. The van der Waals surface area contributed by atoms with Crippen molar-refractivity contribution < 1.29 is 126 Å². The molecule has 14 unspecified atom stereocenters. The Morgan fingerprint density at radius 3 is 1.77 bits per heavy atom. The van der Waals surface area contributed by atoms with Gasteiger partial charge in [-0.1, -0.05) is 77.5 Å². The molecule has 3 rings (SSSR count). The lowest BCUT2D eigenvalue weighted by molar-refractivity contribution is -0.159. The number of hydrogen-bond acceptors (Lipinski definition) is 24. The van der Waals surface area contributed by atoms with Crippen molar-refractivity contribution in [3.05, 3.63) is 36.0 Å². The number of aliphatic hydroxyl groups excluding tert-OH is 1. The molecule has 1 aromatic carbocycles. The number of likely N-dealkylation sites (N-methyl/N-ethyl adjacent to an activating group) is 1. The van der Waals surface area contributed by atoms with Gasteiger partial charge in [0.25, 0.3) is 0 Å². The number of carbonyl (C=O) groups is 20. The number of benzene rings is 1. The van der Waals surface area contributed by atoms with Gasteiger partial charge in [-0.25, -0.2) is 9.59 Å². The third kappa shape index (κ3) is 32.4. The summed E-state index contributed by atoms with van der Waals surface area (Å²) in [6.07, 6.45) is -5.14. The molecule has 1 fully saturated rings. The van der Waals surface area contributed by atoms with Crippen LogP contribution >= 0.6 is 0 Å². The van der Waals surface area contributed by atoms with E-state index in [0.29, 0.717) is 34.2 Å². The van der Waals surface area contributed by atoms with Crippen molar-refractivity contribution in [3.63, 3.8) is 0 Å². The maximum atomic E-state index is 14.9. The number of rotatable bonds is 36. The van der Waals surface area contributed by atoms with Gasteiger partial charge in [0.1, 0.15) is 72.6 Å². The average molecular weight is 1620 g/mol. The number of nitrogens with zero attached hydrogens (tertiary/aromatic N) is 1. The topological polar surface area (TPSA) is 708 Å². The van der Waals surface area contributed by atoms with E-state index in [1.165, 1.54) is 13.8 Å². The van der Waals surface area contributed by atoms with E-state index in [0.717, 1.165) is 60.1 Å². The molecule has 114 heavy (non-hydrogen) atoms. The van der Waals surface area contributed by atoms with Crippen LogP contribution in [-0.4, -0.2) is 267 Å². The molecular weight excluding hydrogens is 1510 g/mol. The number of methoxy groups -OCH3 is 1. The fraction of sp³-hybridized carbons (Fsp3) is 0.600. The van der Waals surface area contributed by atoms with Crippen molar-refractivity contribution in [2.24, 2.45) is 28.9 Å². The third-order valence-electron chi connectivity index (χ3n) is 17.8. The number of primary amides is 3. The summed E-state index contributed by atoms with van der Waals surface area (Å²) >= 11 is 0. The zero-order chi connectivity index (χ0) is 85.8. The summed E-state index contributed by atoms with van der Waals surface area (Å²) in [5, 5.41) is 67.8. The molecule has 44 heteroatoms.